The van der Waals surface area contributed by atoms with Crippen molar-refractivity contribution >= 4 is 44.6 Å². The van der Waals surface area contributed by atoms with E-state index in [4.69, 9.17) is 11.6 Å². The molecule has 9 heteroatoms. The highest BCUT2D eigenvalue weighted by Crippen LogP contribution is 2.24. The van der Waals surface area contributed by atoms with Gasteiger partial charge in [-0.05, 0) is 62.7 Å². The number of benzene rings is 2. The second kappa shape index (κ2) is 8.67. The van der Waals surface area contributed by atoms with Crippen LogP contribution < -0.4 is 15.4 Å². The summed E-state index contributed by atoms with van der Waals surface area (Å²) in [4.78, 5) is 8.83. The van der Waals surface area contributed by atoms with Gasteiger partial charge in [0.1, 0.15) is 17.5 Å². The smallest absolute Gasteiger partial charge is 0.262 e. The number of anilines is 4. The van der Waals surface area contributed by atoms with Crippen LogP contribution in [0.3, 0.4) is 0 Å². The van der Waals surface area contributed by atoms with Crippen molar-refractivity contribution in [3.63, 3.8) is 0 Å². The van der Waals surface area contributed by atoms with Gasteiger partial charge in [-0.3, -0.25) is 4.72 Å². The van der Waals surface area contributed by atoms with Gasteiger partial charge in [-0.15, -0.1) is 0 Å². The molecule has 0 radical (unpaired) electrons. The monoisotopic (exact) mass is 431 g/mol. The predicted molar refractivity (Wildman–Crippen MR) is 118 cm³/mol. The molecule has 0 aliphatic carbocycles. The number of sulfonamides is 1. The highest BCUT2D eigenvalue weighted by atomic mass is 35.5. The molecule has 7 nitrogen and oxygen atoms in total. The summed E-state index contributed by atoms with van der Waals surface area (Å²) in [5.41, 5.74) is 1.84. The maximum Gasteiger partial charge on any atom is 0.262 e. The Labute approximate surface area is 175 Å². The van der Waals surface area contributed by atoms with Crippen LogP contribution in [0.25, 0.3) is 0 Å². The second-order valence-corrected chi connectivity index (χ2v) is 8.52. The van der Waals surface area contributed by atoms with Crippen LogP contribution in [0.15, 0.2) is 53.4 Å². The molecule has 0 unspecified atom stereocenters. The van der Waals surface area contributed by atoms with E-state index in [2.05, 4.69) is 25.3 Å². The maximum absolute atomic E-state index is 12.7. The van der Waals surface area contributed by atoms with Gasteiger partial charge in [-0.25, -0.2) is 18.4 Å². The van der Waals surface area contributed by atoms with E-state index in [1.54, 1.807) is 43.3 Å². The number of hydrogen-bond acceptors (Lipinski definition) is 6. The van der Waals surface area contributed by atoms with Gasteiger partial charge in [0.15, 0.2) is 0 Å². The first-order valence-corrected chi connectivity index (χ1v) is 10.9. The Kier molecular flexibility index (Phi) is 6.24. The summed E-state index contributed by atoms with van der Waals surface area (Å²) in [6.07, 6.45) is 0. The van der Waals surface area contributed by atoms with Crippen molar-refractivity contribution in [1.82, 2.24) is 9.97 Å². The zero-order chi connectivity index (χ0) is 21.0. The standard InChI is InChI=1S/C20H22ClN5O2S/c1-4-22-19-12-20(24-14(3)23-19)25-16-7-9-17(10-8-16)26-29(27,28)18-11-15(21)6-5-13(18)2/h5-12,26H,4H2,1-3H3,(H2,22,23,24,25). The largest absolute Gasteiger partial charge is 0.370 e. The van der Waals surface area contributed by atoms with Crippen LogP contribution in [0.2, 0.25) is 5.02 Å². The Morgan fingerprint density at radius 1 is 0.931 bits per heavy atom. The summed E-state index contributed by atoms with van der Waals surface area (Å²) in [6.45, 7) is 6.30. The van der Waals surface area contributed by atoms with Gasteiger partial charge >= 0.3 is 0 Å². The number of nitrogens with zero attached hydrogens (tertiary/aromatic N) is 2. The first-order chi connectivity index (χ1) is 13.8. The molecule has 3 N–H and O–H groups in total. The van der Waals surface area contributed by atoms with Crippen molar-refractivity contribution in [2.45, 2.75) is 25.7 Å². The molecule has 0 saturated heterocycles. The molecule has 0 saturated carbocycles. The lowest BCUT2D eigenvalue weighted by molar-refractivity contribution is 0.600. The minimum absolute atomic E-state index is 0.152. The molecule has 0 fully saturated rings. The van der Waals surface area contributed by atoms with E-state index in [1.165, 1.54) is 6.07 Å². The van der Waals surface area contributed by atoms with Crippen LogP contribution >= 0.6 is 11.6 Å². The number of nitrogens with one attached hydrogen (secondary N) is 3. The molecular weight excluding hydrogens is 410 g/mol. The van der Waals surface area contributed by atoms with E-state index in [1.807, 2.05) is 19.9 Å². The summed E-state index contributed by atoms with van der Waals surface area (Å²) in [6, 6.07) is 13.5. The zero-order valence-corrected chi connectivity index (χ0v) is 17.9. The highest BCUT2D eigenvalue weighted by Gasteiger charge is 2.17. The summed E-state index contributed by atoms with van der Waals surface area (Å²) in [5.74, 6) is 2.03. The topological polar surface area (TPSA) is 96.0 Å². The molecule has 1 aromatic heterocycles. The molecule has 29 heavy (non-hydrogen) atoms. The minimum atomic E-state index is -3.74. The van der Waals surface area contributed by atoms with Crippen molar-refractivity contribution in [2.75, 3.05) is 21.9 Å². The molecule has 0 aliphatic heterocycles. The third kappa shape index (κ3) is 5.36. The summed E-state index contributed by atoms with van der Waals surface area (Å²) in [5, 5.41) is 6.72. The van der Waals surface area contributed by atoms with E-state index >= 15 is 0 Å². The summed E-state index contributed by atoms with van der Waals surface area (Å²) in [7, 11) is -3.74. The van der Waals surface area contributed by atoms with Gasteiger partial charge in [-0.2, -0.15) is 0 Å². The van der Waals surface area contributed by atoms with Crippen LogP contribution in [0.1, 0.15) is 18.3 Å². The average Bonchev–Trinajstić information content (AvgIpc) is 2.65. The molecule has 1 heterocycles. The lowest BCUT2D eigenvalue weighted by atomic mass is 10.2. The van der Waals surface area contributed by atoms with Crippen molar-refractivity contribution in [2.24, 2.45) is 0 Å². The van der Waals surface area contributed by atoms with Gasteiger partial charge in [-0.1, -0.05) is 17.7 Å². The number of aromatic nitrogens is 2. The predicted octanol–water partition coefficient (Wildman–Crippen LogP) is 4.72. The van der Waals surface area contributed by atoms with Crippen LogP contribution in [0.4, 0.5) is 23.0 Å². The zero-order valence-electron chi connectivity index (χ0n) is 16.3. The molecule has 0 amide bonds. The van der Waals surface area contributed by atoms with Crippen LogP contribution in [-0.4, -0.2) is 24.9 Å². The van der Waals surface area contributed by atoms with Gasteiger partial charge in [0.05, 0.1) is 4.90 Å². The normalized spacial score (nSPS) is 11.2. The number of halogens is 1. The van der Waals surface area contributed by atoms with Crippen molar-refractivity contribution in [3.8, 4) is 0 Å². The van der Waals surface area contributed by atoms with Gasteiger partial charge in [0.25, 0.3) is 10.0 Å². The Balaban J connectivity index is 1.76. The Hall–Kier alpha value is -2.84. The Morgan fingerprint density at radius 2 is 1.59 bits per heavy atom. The molecule has 0 aliphatic rings. The Morgan fingerprint density at radius 3 is 2.28 bits per heavy atom. The molecular formula is C20H22ClN5O2S. The van der Waals surface area contributed by atoms with Crippen LogP contribution in [0.5, 0.6) is 0 Å². The summed E-state index contributed by atoms with van der Waals surface area (Å²) >= 11 is 5.95. The fourth-order valence-electron chi connectivity index (χ4n) is 2.75. The minimum Gasteiger partial charge on any atom is -0.370 e. The van der Waals surface area contributed by atoms with Gasteiger partial charge < -0.3 is 10.6 Å². The van der Waals surface area contributed by atoms with Crippen molar-refractivity contribution < 1.29 is 8.42 Å². The van der Waals surface area contributed by atoms with E-state index in [-0.39, 0.29) is 4.90 Å². The van der Waals surface area contributed by atoms with E-state index < -0.39 is 10.0 Å². The van der Waals surface area contributed by atoms with E-state index in [0.29, 0.717) is 27.9 Å². The maximum atomic E-state index is 12.7. The lowest BCUT2D eigenvalue weighted by Crippen LogP contribution is -2.14. The lowest BCUT2D eigenvalue weighted by Gasteiger charge is -2.12. The quantitative estimate of drug-likeness (QED) is 0.500. The third-order valence-electron chi connectivity index (χ3n) is 4.05. The summed E-state index contributed by atoms with van der Waals surface area (Å²) < 4.78 is 27.9. The van der Waals surface area contributed by atoms with Gasteiger partial charge in [0, 0.05) is 29.0 Å². The van der Waals surface area contributed by atoms with E-state index in [0.717, 1.165) is 18.1 Å². The van der Waals surface area contributed by atoms with Crippen molar-refractivity contribution in [3.05, 3.63) is 64.9 Å². The fourth-order valence-corrected chi connectivity index (χ4v) is 4.31. The molecule has 3 aromatic rings. The molecule has 2 aromatic carbocycles. The first kappa shape index (κ1) is 20.9. The van der Waals surface area contributed by atoms with Crippen LogP contribution in [-0.2, 0) is 10.0 Å². The third-order valence-corrected chi connectivity index (χ3v) is 5.80. The van der Waals surface area contributed by atoms with Gasteiger partial charge in [0.2, 0.25) is 0 Å². The van der Waals surface area contributed by atoms with E-state index in [9.17, 15) is 8.42 Å². The molecule has 0 bridgehead atoms. The average molecular weight is 432 g/mol. The Bertz CT molecular complexity index is 1120. The molecule has 0 spiro atoms. The van der Waals surface area contributed by atoms with Crippen LogP contribution in [0, 0.1) is 13.8 Å². The molecule has 0 atom stereocenters. The number of aryl methyl sites for hydroxylation is 2. The highest BCUT2D eigenvalue weighted by molar-refractivity contribution is 7.92. The van der Waals surface area contributed by atoms with Crippen molar-refractivity contribution in [1.29, 1.82) is 0 Å². The molecule has 3 rings (SSSR count). The number of hydrogen-bond donors (Lipinski definition) is 3. The number of rotatable bonds is 7. The second-order valence-electron chi connectivity index (χ2n) is 6.43. The first-order valence-electron chi connectivity index (χ1n) is 9.02. The fraction of sp³-hybridized carbons (Fsp3) is 0.200. The SMILES string of the molecule is CCNc1cc(Nc2ccc(NS(=O)(=O)c3cc(Cl)ccc3C)cc2)nc(C)n1. The molecule has 152 valence electrons.